The van der Waals surface area contributed by atoms with Gasteiger partial charge in [0.1, 0.15) is 0 Å². The van der Waals surface area contributed by atoms with Crippen LogP contribution in [0.5, 0.6) is 0 Å². The lowest BCUT2D eigenvalue weighted by molar-refractivity contribution is 0.0728. The van der Waals surface area contributed by atoms with Crippen LogP contribution in [0.15, 0.2) is 23.1 Å². The first kappa shape index (κ1) is 20.8. The quantitative estimate of drug-likeness (QED) is 0.813. The number of aryl methyl sites for hydroxylation is 1. The number of sulfonamides is 1. The Hall–Kier alpha value is -1.44. The number of benzene rings is 1. The highest BCUT2D eigenvalue weighted by Crippen LogP contribution is 2.62. The highest BCUT2D eigenvalue weighted by molar-refractivity contribution is 7.89. The van der Waals surface area contributed by atoms with Gasteiger partial charge in [0.05, 0.1) is 18.1 Å². The van der Waals surface area contributed by atoms with E-state index in [0.29, 0.717) is 43.3 Å². The van der Waals surface area contributed by atoms with Crippen molar-refractivity contribution >= 4 is 15.9 Å². The van der Waals surface area contributed by atoms with Gasteiger partial charge in [0, 0.05) is 24.7 Å². The second kappa shape index (κ2) is 7.06. The molecule has 0 aromatic heterocycles. The van der Waals surface area contributed by atoms with Crippen molar-refractivity contribution in [3.05, 3.63) is 29.3 Å². The fraction of sp³-hybridized carbons (Fsp3) is 0.682. The zero-order chi connectivity index (χ0) is 21.0. The van der Waals surface area contributed by atoms with Gasteiger partial charge < -0.3 is 10.1 Å². The molecule has 2 saturated carbocycles. The summed E-state index contributed by atoms with van der Waals surface area (Å²) in [6, 6.07) is 5.10. The topological polar surface area (TPSA) is 75.7 Å². The summed E-state index contributed by atoms with van der Waals surface area (Å²) in [6.07, 6.45) is 3.51. The predicted molar refractivity (Wildman–Crippen MR) is 111 cm³/mol. The zero-order valence-corrected chi connectivity index (χ0v) is 18.6. The van der Waals surface area contributed by atoms with Crippen LogP contribution in [0.4, 0.5) is 0 Å². The average molecular weight is 421 g/mol. The molecule has 1 amide bonds. The molecular formula is C22H32N2O4S. The molecule has 3 atom stereocenters. The molecule has 3 fully saturated rings. The molecule has 1 aromatic rings. The molecule has 1 heterocycles. The van der Waals surface area contributed by atoms with Crippen LogP contribution in [0.1, 0.15) is 56.0 Å². The Morgan fingerprint density at radius 3 is 2.52 bits per heavy atom. The van der Waals surface area contributed by atoms with Gasteiger partial charge in [-0.25, -0.2) is 8.42 Å². The van der Waals surface area contributed by atoms with Crippen molar-refractivity contribution in [1.82, 2.24) is 9.62 Å². The fourth-order valence-corrected chi connectivity index (χ4v) is 7.48. The molecule has 1 aromatic carbocycles. The normalized spacial score (nSPS) is 31.7. The molecule has 7 heteroatoms. The number of fused-ring (bicyclic) bond motifs is 2. The van der Waals surface area contributed by atoms with Gasteiger partial charge in [0.2, 0.25) is 10.0 Å². The molecule has 4 rings (SSSR count). The lowest BCUT2D eigenvalue weighted by Gasteiger charge is -2.43. The largest absolute Gasteiger partial charge is 0.379 e. The summed E-state index contributed by atoms with van der Waals surface area (Å²) in [5.41, 5.74) is 1.23. The standard InChI is InChI=1S/C22H32N2O4S/c1-15-5-6-16(13-18(15)29(26,27)24-9-11-28-12-10-24)19(25)23-20-21(2,3)17-7-8-22(20,4)14-17/h5-6,13,17,20H,7-12,14H2,1-4H3,(H,23,25)/t17-,20-,22-/m0/s1. The summed E-state index contributed by atoms with van der Waals surface area (Å²) < 4.78 is 33.0. The molecular weight excluding hydrogens is 388 g/mol. The van der Waals surface area contributed by atoms with E-state index in [1.54, 1.807) is 19.1 Å². The van der Waals surface area contributed by atoms with Gasteiger partial charge in [-0.1, -0.05) is 26.8 Å². The van der Waals surface area contributed by atoms with E-state index in [-0.39, 0.29) is 27.7 Å². The molecule has 3 aliphatic rings. The number of morpholine rings is 1. The fourth-order valence-electron chi connectivity index (χ4n) is 5.82. The van der Waals surface area contributed by atoms with E-state index in [9.17, 15) is 13.2 Å². The maximum absolute atomic E-state index is 13.1. The number of carbonyl (C=O) groups is 1. The smallest absolute Gasteiger partial charge is 0.251 e. The van der Waals surface area contributed by atoms with Crippen LogP contribution in [0.25, 0.3) is 0 Å². The van der Waals surface area contributed by atoms with E-state index in [0.717, 1.165) is 12.8 Å². The maximum Gasteiger partial charge on any atom is 0.251 e. The van der Waals surface area contributed by atoms with E-state index < -0.39 is 10.0 Å². The van der Waals surface area contributed by atoms with Gasteiger partial charge in [0.25, 0.3) is 5.91 Å². The zero-order valence-electron chi connectivity index (χ0n) is 17.8. The molecule has 160 valence electrons. The minimum Gasteiger partial charge on any atom is -0.379 e. The lowest BCUT2D eigenvalue weighted by Crippen LogP contribution is -2.52. The molecule has 2 aliphatic carbocycles. The summed E-state index contributed by atoms with van der Waals surface area (Å²) in [5, 5.41) is 3.27. The van der Waals surface area contributed by atoms with Crippen molar-refractivity contribution in [2.75, 3.05) is 26.3 Å². The van der Waals surface area contributed by atoms with Gasteiger partial charge >= 0.3 is 0 Å². The van der Waals surface area contributed by atoms with Crippen molar-refractivity contribution in [3.63, 3.8) is 0 Å². The Morgan fingerprint density at radius 1 is 1.21 bits per heavy atom. The van der Waals surface area contributed by atoms with Crippen LogP contribution in [-0.2, 0) is 14.8 Å². The summed E-state index contributed by atoms with van der Waals surface area (Å²) in [7, 11) is -3.65. The van der Waals surface area contributed by atoms with Crippen molar-refractivity contribution in [1.29, 1.82) is 0 Å². The monoisotopic (exact) mass is 420 g/mol. The number of rotatable bonds is 4. The van der Waals surface area contributed by atoms with E-state index in [2.05, 4.69) is 26.1 Å². The molecule has 6 nitrogen and oxygen atoms in total. The number of hydrogen-bond acceptors (Lipinski definition) is 4. The number of carbonyl (C=O) groups excluding carboxylic acids is 1. The molecule has 1 saturated heterocycles. The second-order valence-electron chi connectivity index (χ2n) is 9.82. The van der Waals surface area contributed by atoms with E-state index in [1.165, 1.54) is 16.8 Å². The SMILES string of the molecule is Cc1ccc(C(=O)N[C@H]2C(C)(C)[C@H]3CC[C@@]2(C)C3)cc1S(=O)(=O)N1CCOCC1. The van der Waals surface area contributed by atoms with E-state index >= 15 is 0 Å². The molecule has 1 N–H and O–H groups in total. The van der Waals surface area contributed by atoms with Gasteiger partial charge in [-0.15, -0.1) is 0 Å². The number of nitrogens with zero attached hydrogens (tertiary/aromatic N) is 1. The molecule has 2 bridgehead atoms. The number of ether oxygens (including phenoxy) is 1. The molecule has 0 unspecified atom stereocenters. The number of hydrogen-bond donors (Lipinski definition) is 1. The van der Waals surface area contributed by atoms with Crippen molar-refractivity contribution in [3.8, 4) is 0 Å². The van der Waals surface area contributed by atoms with Gasteiger partial charge in [-0.2, -0.15) is 4.31 Å². The Balaban J connectivity index is 1.60. The Bertz CT molecular complexity index is 916. The third kappa shape index (κ3) is 3.41. The maximum atomic E-state index is 13.1. The molecule has 1 aliphatic heterocycles. The summed E-state index contributed by atoms with van der Waals surface area (Å²) in [4.78, 5) is 13.3. The Morgan fingerprint density at radius 2 is 1.90 bits per heavy atom. The minimum atomic E-state index is -3.65. The summed E-state index contributed by atoms with van der Waals surface area (Å²) >= 11 is 0. The van der Waals surface area contributed by atoms with Crippen LogP contribution in [0.2, 0.25) is 0 Å². The van der Waals surface area contributed by atoms with Crippen LogP contribution in [0, 0.1) is 23.7 Å². The van der Waals surface area contributed by atoms with Crippen LogP contribution < -0.4 is 5.32 Å². The first-order chi connectivity index (χ1) is 13.6. The highest BCUT2D eigenvalue weighted by Gasteiger charge is 2.59. The molecule has 0 radical (unpaired) electrons. The van der Waals surface area contributed by atoms with Crippen molar-refractivity contribution < 1.29 is 17.9 Å². The Labute approximate surface area is 174 Å². The van der Waals surface area contributed by atoms with Crippen LogP contribution in [0.3, 0.4) is 0 Å². The van der Waals surface area contributed by atoms with Crippen molar-refractivity contribution in [2.45, 2.75) is 57.9 Å². The first-order valence-electron chi connectivity index (χ1n) is 10.6. The van der Waals surface area contributed by atoms with Gasteiger partial charge in [-0.05, 0) is 60.6 Å². The summed E-state index contributed by atoms with van der Waals surface area (Å²) in [6.45, 7) is 10.0. The third-order valence-corrected chi connectivity index (χ3v) is 9.62. The minimum absolute atomic E-state index is 0.0517. The van der Waals surface area contributed by atoms with Gasteiger partial charge in [-0.3, -0.25) is 4.79 Å². The van der Waals surface area contributed by atoms with Crippen LogP contribution in [-0.4, -0.2) is 51.0 Å². The predicted octanol–water partition coefficient (Wildman–Crippen LogP) is 2.96. The van der Waals surface area contributed by atoms with E-state index in [4.69, 9.17) is 4.74 Å². The number of amides is 1. The third-order valence-electron chi connectivity index (χ3n) is 7.58. The molecule has 29 heavy (non-hydrogen) atoms. The van der Waals surface area contributed by atoms with E-state index in [1.807, 2.05) is 0 Å². The highest BCUT2D eigenvalue weighted by atomic mass is 32.2. The van der Waals surface area contributed by atoms with Gasteiger partial charge in [0.15, 0.2) is 0 Å². The van der Waals surface area contributed by atoms with Crippen LogP contribution >= 0.6 is 0 Å². The number of nitrogens with one attached hydrogen (secondary N) is 1. The van der Waals surface area contributed by atoms with Crippen molar-refractivity contribution in [2.24, 2.45) is 16.7 Å². The lowest BCUT2D eigenvalue weighted by atomic mass is 9.68. The molecule has 0 spiro atoms. The Kier molecular flexibility index (Phi) is 5.07. The summed E-state index contributed by atoms with van der Waals surface area (Å²) in [5.74, 6) is 0.448. The first-order valence-corrected chi connectivity index (χ1v) is 12.0. The second-order valence-corrected chi connectivity index (χ2v) is 11.7. The average Bonchev–Trinajstić information content (AvgIpc) is 3.17.